The maximum absolute atomic E-state index is 10.7. The molecule has 0 aromatic rings. The molecule has 1 rings (SSSR count). The van der Waals surface area contributed by atoms with E-state index < -0.39 is 64.1 Å². The van der Waals surface area contributed by atoms with Gasteiger partial charge in [0.05, 0.1) is 39.6 Å². The van der Waals surface area contributed by atoms with E-state index in [-0.39, 0.29) is 19.5 Å². The summed E-state index contributed by atoms with van der Waals surface area (Å²) in [6, 6.07) is 0. The summed E-state index contributed by atoms with van der Waals surface area (Å²) in [5.74, 6) is 0. The molecule has 0 atom stereocenters. The second-order valence-corrected chi connectivity index (χ2v) is 14.3. The number of hydrogen-bond donors (Lipinski definition) is 0. The summed E-state index contributed by atoms with van der Waals surface area (Å²) in [7, 11) is -20.4. The molecule has 0 saturated heterocycles. The molecule has 0 fully saturated rings. The summed E-state index contributed by atoms with van der Waals surface area (Å²) >= 11 is 0. The monoisotopic (exact) mass is 990 g/mol. The van der Waals surface area contributed by atoms with Crippen molar-refractivity contribution in [2.45, 2.75) is 83.8 Å². The van der Waals surface area contributed by atoms with Gasteiger partial charge >= 0.3 is 53.2 Å². The largest absolute Gasteiger partial charge is 3.00 e. The Bertz CT molecular complexity index is 1070. The molecule has 30 heteroatoms. The average molecular weight is 991 g/mol. The van der Waals surface area contributed by atoms with Crippen LogP contribution in [0.4, 0.5) is 39.5 Å². The molecule has 53 heavy (non-hydrogen) atoms. The van der Waals surface area contributed by atoms with E-state index in [1.54, 1.807) is 0 Å². The number of hydrogen-bond acceptors (Lipinski definition) is 15. The topological polar surface area (TPSA) is 227 Å². The van der Waals surface area contributed by atoms with Crippen LogP contribution in [0.2, 0.25) is 0 Å². The Balaban J connectivity index is -0.000000125. The first-order valence-corrected chi connectivity index (χ1v) is 20.6. The predicted octanol–water partition coefficient (Wildman–Crippen LogP) is 7.47. The smallest absolute Gasteiger partial charge is 0.741 e. The second kappa shape index (κ2) is 35.0. The third-order valence-electron chi connectivity index (χ3n) is 3.59. The normalized spacial score (nSPS) is 14.0. The first kappa shape index (κ1) is 64.7. The molecule has 0 saturated carbocycles. The van der Waals surface area contributed by atoms with E-state index in [1.165, 1.54) is 25.7 Å². The number of halogens is 9. The zero-order chi connectivity index (χ0) is 42.3. The van der Waals surface area contributed by atoms with Gasteiger partial charge in [0, 0.05) is 0 Å². The molecular formula is C23H42F9O15P2RhS3. The molecule has 0 spiro atoms. The van der Waals surface area contributed by atoms with Crippen molar-refractivity contribution in [2.24, 2.45) is 0 Å². The molecule has 0 aromatic carbocycles. The van der Waals surface area contributed by atoms with Gasteiger partial charge in [0.1, 0.15) is 0 Å². The molecule has 0 aromatic heterocycles. The van der Waals surface area contributed by atoms with Crippen molar-refractivity contribution in [1.29, 1.82) is 0 Å². The molecule has 0 heterocycles. The van der Waals surface area contributed by atoms with Gasteiger partial charge in [-0.2, -0.15) is 39.5 Å². The van der Waals surface area contributed by atoms with Gasteiger partial charge in [0.15, 0.2) is 30.4 Å². The van der Waals surface area contributed by atoms with Crippen molar-refractivity contribution in [3.8, 4) is 0 Å². The summed E-state index contributed by atoms with van der Waals surface area (Å²) in [6.45, 7) is 15.4. The molecule has 0 bridgehead atoms. The zero-order valence-corrected chi connectivity index (χ0v) is 34.7. The molecule has 0 unspecified atom stereocenters. The fourth-order valence-corrected chi connectivity index (χ4v) is 3.42. The standard InChI is InChI=1S/C8H12.2C6H15O3P.3CHF3O3S.Rh/c1-2-4-6-8-7-5-3-1;2*1-4-7-10(8-5-2)9-6-3;3*2-1(3,4)8(5,6)7;/h1-2,7-8H,3-6H2;2*4-6H2,1-3H3;3*(H,5,6,7);/q;;;;;;+3/p-3/b2-1-,8-7?;;;;;;. The van der Waals surface area contributed by atoms with Crippen LogP contribution in [0.15, 0.2) is 24.3 Å². The molecule has 1 aliphatic rings. The van der Waals surface area contributed by atoms with Crippen LogP contribution in [0.5, 0.6) is 0 Å². The maximum Gasteiger partial charge on any atom is 3.00 e. The maximum atomic E-state index is 10.7. The molecule has 0 aliphatic heterocycles. The Kier molecular flexibility index (Phi) is 42.8. The second-order valence-electron chi connectivity index (χ2n) is 7.75. The van der Waals surface area contributed by atoms with Gasteiger partial charge in [-0.15, -0.1) is 0 Å². The first-order chi connectivity index (χ1) is 23.4. The number of alkyl halides is 9. The third-order valence-corrected chi connectivity index (χ3v) is 8.11. The molecule has 0 radical (unpaired) electrons. The zero-order valence-electron chi connectivity index (χ0n) is 28.9. The van der Waals surface area contributed by atoms with E-state index in [0.29, 0.717) is 39.6 Å². The summed E-state index contributed by atoms with van der Waals surface area (Å²) in [5, 5.41) is 0. The quantitative estimate of drug-likeness (QED) is 0.0461. The summed E-state index contributed by atoms with van der Waals surface area (Å²) in [5.41, 5.74) is -16.9. The van der Waals surface area contributed by atoms with Gasteiger partial charge in [-0.1, -0.05) is 24.3 Å². The fraction of sp³-hybridized carbons (Fsp3) is 0.826. The van der Waals surface area contributed by atoms with Crippen LogP contribution >= 0.6 is 17.2 Å². The van der Waals surface area contributed by atoms with Crippen LogP contribution in [-0.2, 0) is 77.0 Å². The van der Waals surface area contributed by atoms with Crippen LogP contribution in [0.25, 0.3) is 0 Å². The number of rotatable bonds is 12. The van der Waals surface area contributed by atoms with Crippen LogP contribution in [0.3, 0.4) is 0 Å². The van der Waals surface area contributed by atoms with Crippen molar-refractivity contribution >= 4 is 47.6 Å². The van der Waals surface area contributed by atoms with Crippen LogP contribution in [-0.4, -0.2) is 95.1 Å². The Morgan fingerprint density at radius 1 is 0.434 bits per heavy atom. The number of allylic oxidation sites excluding steroid dienone is 4. The van der Waals surface area contributed by atoms with Gasteiger partial charge in [0.25, 0.3) is 0 Å². The van der Waals surface area contributed by atoms with Gasteiger partial charge in [-0.3, -0.25) is 0 Å². The molecule has 15 nitrogen and oxygen atoms in total. The van der Waals surface area contributed by atoms with E-state index in [1.807, 2.05) is 41.5 Å². The third kappa shape index (κ3) is 46.1. The molecular weight excluding hydrogens is 948 g/mol. The summed E-state index contributed by atoms with van der Waals surface area (Å²) in [4.78, 5) is 0. The van der Waals surface area contributed by atoms with Crippen molar-refractivity contribution in [3.63, 3.8) is 0 Å². The van der Waals surface area contributed by atoms with Crippen molar-refractivity contribution in [2.75, 3.05) is 39.6 Å². The fourth-order valence-electron chi connectivity index (χ4n) is 1.71. The molecule has 1 aliphatic carbocycles. The summed E-state index contributed by atoms with van der Waals surface area (Å²) in [6.07, 6.45) is 14.0. The SMILES string of the molecule is C1=CCC/C=C\CC1.CCOP(OCC)OCC.CCOP(OCC)OCC.O=S(=O)([O-])C(F)(F)F.O=S(=O)([O-])C(F)(F)F.O=S(=O)([O-])C(F)(F)F.[Rh+3]. The van der Waals surface area contributed by atoms with E-state index >= 15 is 0 Å². The van der Waals surface area contributed by atoms with Crippen molar-refractivity contribution in [3.05, 3.63) is 24.3 Å². The van der Waals surface area contributed by atoms with E-state index in [4.69, 9.17) is 66.1 Å². The van der Waals surface area contributed by atoms with Gasteiger partial charge in [-0.25, -0.2) is 25.3 Å². The van der Waals surface area contributed by atoms with E-state index in [0.717, 1.165) is 0 Å². The van der Waals surface area contributed by atoms with Crippen molar-refractivity contribution < 1.29 is 125 Å². The van der Waals surface area contributed by atoms with Gasteiger partial charge < -0.3 is 40.8 Å². The van der Waals surface area contributed by atoms with Gasteiger partial charge in [0.2, 0.25) is 0 Å². The Morgan fingerprint density at radius 3 is 0.623 bits per heavy atom. The van der Waals surface area contributed by atoms with Crippen molar-refractivity contribution in [1.82, 2.24) is 0 Å². The minimum absolute atomic E-state index is 0. The molecule has 0 N–H and O–H groups in total. The first-order valence-electron chi connectivity index (χ1n) is 14.2. The van der Waals surface area contributed by atoms with Crippen LogP contribution in [0.1, 0.15) is 67.2 Å². The Labute approximate surface area is 319 Å². The Morgan fingerprint density at radius 2 is 0.547 bits per heavy atom. The molecule has 324 valence electrons. The summed E-state index contributed by atoms with van der Waals surface area (Å²) < 4.78 is 208. The minimum atomic E-state index is -6.09. The average Bonchev–Trinajstić information content (AvgIpc) is 2.92. The van der Waals surface area contributed by atoms with Crippen LogP contribution < -0.4 is 0 Å². The van der Waals surface area contributed by atoms with E-state index in [9.17, 15) is 39.5 Å². The Hall–Kier alpha value is -0.177. The predicted molar refractivity (Wildman–Crippen MR) is 168 cm³/mol. The van der Waals surface area contributed by atoms with E-state index in [2.05, 4.69) is 24.3 Å². The van der Waals surface area contributed by atoms with Gasteiger partial charge in [-0.05, 0) is 67.2 Å². The minimum Gasteiger partial charge on any atom is -0.741 e. The van der Waals surface area contributed by atoms with Crippen LogP contribution in [0, 0.1) is 0 Å². The molecule has 0 amide bonds.